The van der Waals surface area contributed by atoms with Crippen molar-refractivity contribution >= 4 is 11.9 Å². The second-order valence-corrected chi connectivity index (χ2v) is 6.90. The smallest absolute Gasteiger partial charge is 0.333 e. The van der Waals surface area contributed by atoms with Gasteiger partial charge in [-0.3, -0.25) is 0 Å². The molecule has 4 nitrogen and oxygen atoms in total. The Hall–Kier alpha value is -2.10. The van der Waals surface area contributed by atoms with Crippen molar-refractivity contribution in [3.8, 4) is 0 Å². The molecule has 0 spiro atoms. The SMILES string of the molecule is C=C[C@]1(C)C[C@@H](OC(=O)/C(C)=C/C)[C@@H](C(=C)C(=O)O)C[C@H]1C(=C)C. The van der Waals surface area contributed by atoms with Crippen molar-refractivity contribution < 1.29 is 19.4 Å². The number of rotatable bonds is 6. The first-order chi connectivity index (χ1) is 11.1. The number of carbonyl (C=O) groups excluding carboxylic acids is 1. The average molecular weight is 332 g/mol. The molecule has 0 aromatic rings. The average Bonchev–Trinajstić information content (AvgIpc) is 2.52. The molecule has 0 aromatic carbocycles. The first kappa shape index (κ1) is 19.9. The number of esters is 1. The van der Waals surface area contributed by atoms with Crippen LogP contribution in [-0.2, 0) is 14.3 Å². The molecule has 0 radical (unpaired) electrons. The Bertz CT molecular complexity index is 599. The minimum absolute atomic E-state index is 0.0638. The molecule has 0 amide bonds. The fourth-order valence-electron chi connectivity index (χ4n) is 3.38. The summed E-state index contributed by atoms with van der Waals surface area (Å²) in [4.78, 5) is 23.6. The van der Waals surface area contributed by atoms with E-state index in [9.17, 15) is 14.7 Å². The molecule has 0 aromatic heterocycles. The fraction of sp³-hybridized carbons (Fsp3) is 0.500. The van der Waals surface area contributed by atoms with E-state index in [-0.39, 0.29) is 16.9 Å². The highest BCUT2D eigenvalue weighted by Gasteiger charge is 2.46. The maximum absolute atomic E-state index is 12.2. The Morgan fingerprint density at radius 1 is 1.29 bits per heavy atom. The number of carboxylic acids is 1. The zero-order valence-electron chi connectivity index (χ0n) is 15.1. The van der Waals surface area contributed by atoms with Gasteiger partial charge >= 0.3 is 11.9 Å². The van der Waals surface area contributed by atoms with Gasteiger partial charge in [0.05, 0.1) is 0 Å². The quantitative estimate of drug-likeness (QED) is 0.447. The van der Waals surface area contributed by atoms with Crippen molar-refractivity contribution in [1.29, 1.82) is 0 Å². The number of hydrogen-bond donors (Lipinski definition) is 1. The topological polar surface area (TPSA) is 63.6 Å². The van der Waals surface area contributed by atoms with Crippen molar-refractivity contribution in [1.82, 2.24) is 0 Å². The van der Waals surface area contributed by atoms with Gasteiger partial charge in [0.1, 0.15) is 6.10 Å². The van der Waals surface area contributed by atoms with Crippen molar-refractivity contribution in [3.63, 3.8) is 0 Å². The molecule has 4 heteroatoms. The predicted octanol–water partition coefficient (Wildman–Crippen LogP) is 4.30. The van der Waals surface area contributed by atoms with Crippen LogP contribution in [0.5, 0.6) is 0 Å². The summed E-state index contributed by atoms with van der Waals surface area (Å²) >= 11 is 0. The third-order valence-electron chi connectivity index (χ3n) is 5.17. The van der Waals surface area contributed by atoms with Crippen LogP contribution in [0.4, 0.5) is 0 Å². The maximum Gasteiger partial charge on any atom is 0.333 e. The van der Waals surface area contributed by atoms with Crippen LogP contribution < -0.4 is 0 Å². The van der Waals surface area contributed by atoms with Crippen molar-refractivity contribution in [3.05, 3.63) is 48.6 Å². The predicted molar refractivity (Wildman–Crippen MR) is 95.4 cm³/mol. The van der Waals surface area contributed by atoms with E-state index in [1.54, 1.807) is 19.9 Å². The lowest BCUT2D eigenvalue weighted by Gasteiger charge is -2.47. The van der Waals surface area contributed by atoms with Crippen LogP contribution in [0.15, 0.2) is 48.6 Å². The third-order valence-corrected chi connectivity index (χ3v) is 5.17. The van der Waals surface area contributed by atoms with Crippen LogP contribution in [0.1, 0.15) is 40.5 Å². The Morgan fingerprint density at radius 3 is 2.29 bits per heavy atom. The van der Waals surface area contributed by atoms with E-state index in [4.69, 9.17) is 4.74 Å². The van der Waals surface area contributed by atoms with Crippen LogP contribution in [-0.4, -0.2) is 23.1 Å². The number of carbonyl (C=O) groups is 2. The Kier molecular flexibility index (Phi) is 6.35. The molecule has 1 rings (SSSR count). The first-order valence-electron chi connectivity index (χ1n) is 8.12. The zero-order valence-corrected chi connectivity index (χ0v) is 15.1. The highest BCUT2D eigenvalue weighted by atomic mass is 16.5. The lowest BCUT2D eigenvalue weighted by Crippen LogP contribution is -2.45. The Morgan fingerprint density at radius 2 is 1.88 bits per heavy atom. The van der Waals surface area contributed by atoms with Crippen molar-refractivity contribution in [2.45, 2.75) is 46.6 Å². The standard InChI is InChI=1S/C20H28O4/c1-8-13(5)19(23)24-17-11-20(7,9-2)16(12(3)4)10-15(17)14(6)18(21)22/h8-9,15-17H,2-3,6,10-11H2,1,4-5,7H3,(H,21,22)/b13-8+/t15-,16+,17-,20-/m1/s1. The summed E-state index contributed by atoms with van der Waals surface area (Å²) in [5.41, 5.74) is 1.23. The lowest BCUT2D eigenvalue weighted by molar-refractivity contribution is -0.152. The van der Waals surface area contributed by atoms with Gasteiger partial charge < -0.3 is 9.84 Å². The Labute approximate surface area is 144 Å². The number of carboxylic acid groups (broad SMARTS) is 1. The summed E-state index contributed by atoms with van der Waals surface area (Å²) < 4.78 is 5.64. The van der Waals surface area contributed by atoms with Crippen molar-refractivity contribution in [2.75, 3.05) is 0 Å². The molecule has 0 bridgehead atoms. The van der Waals surface area contributed by atoms with E-state index in [2.05, 4.69) is 19.7 Å². The number of hydrogen-bond acceptors (Lipinski definition) is 3. The largest absolute Gasteiger partial charge is 0.478 e. The highest BCUT2D eigenvalue weighted by molar-refractivity contribution is 5.88. The molecular weight excluding hydrogens is 304 g/mol. The molecule has 1 N–H and O–H groups in total. The highest BCUT2D eigenvalue weighted by Crippen LogP contribution is 2.49. The Balaban J connectivity index is 3.22. The van der Waals surface area contributed by atoms with E-state index in [1.807, 2.05) is 19.9 Å². The molecule has 0 saturated heterocycles. The normalized spacial score (nSPS) is 30.3. The van der Waals surface area contributed by atoms with Crippen molar-refractivity contribution in [2.24, 2.45) is 17.3 Å². The monoisotopic (exact) mass is 332 g/mol. The van der Waals surface area contributed by atoms with Gasteiger partial charge in [-0.1, -0.05) is 37.8 Å². The summed E-state index contributed by atoms with van der Waals surface area (Å²) in [5.74, 6) is -1.86. The molecule has 1 aliphatic rings. The zero-order chi connectivity index (χ0) is 18.7. The van der Waals surface area contributed by atoms with Crippen LogP contribution in [0.25, 0.3) is 0 Å². The van der Waals surface area contributed by atoms with E-state index >= 15 is 0 Å². The van der Waals surface area contributed by atoms with Gasteiger partial charge in [-0.2, -0.15) is 0 Å². The number of ether oxygens (including phenoxy) is 1. The van der Waals surface area contributed by atoms with Crippen LogP contribution in [0.2, 0.25) is 0 Å². The molecule has 1 aliphatic carbocycles. The summed E-state index contributed by atoms with van der Waals surface area (Å²) in [6.45, 7) is 19.1. The second-order valence-electron chi connectivity index (χ2n) is 6.90. The molecule has 132 valence electrons. The molecule has 1 fully saturated rings. The maximum atomic E-state index is 12.2. The van der Waals surface area contributed by atoms with Gasteiger partial charge in [0, 0.05) is 17.1 Å². The lowest BCUT2D eigenvalue weighted by atomic mass is 9.60. The minimum Gasteiger partial charge on any atom is -0.478 e. The number of aliphatic carboxylic acids is 1. The first-order valence-corrected chi connectivity index (χ1v) is 8.12. The van der Waals surface area contributed by atoms with Gasteiger partial charge in [0.15, 0.2) is 0 Å². The van der Waals surface area contributed by atoms with Crippen LogP contribution in [0, 0.1) is 17.3 Å². The molecule has 0 unspecified atom stereocenters. The number of allylic oxidation sites excluding steroid dienone is 3. The van der Waals surface area contributed by atoms with Crippen LogP contribution in [0.3, 0.4) is 0 Å². The van der Waals surface area contributed by atoms with Gasteiger partial charge in [-0.15, -0.1) is 6.58 Å². The van der Waals surface area contributed by atoms with Crippen LogP contribution >= 0.6 is 0 Å². The summed E-state index contributed by atoms with van der Waals surface area (Å²) in [6.07, 6.45) is 4.00. The molecular formula is C20H28O4. The summed E-state index contributed by atoms with van der Waals surface area (Å²) in [5, 5.41) is 9.36. The molecule has 24 heavy (non-hydrogen) atoms. The summed E-state index contributed by atoms with van der Waals surface area (Å²) in [7, 11) is 0. The van der Waals surface area contributed by atoms with Gasteiger partial charge in [-0.05, 0) is 44.9 Å². The molecule has 0 heterocycles. The van der Waals surface area contributed by atoms with E-state index in [0.29, 0.717) is 18.4 Å². The second kappa shape index (κ2) is 7.65. The third kappa shape index (κ3) is 4.05. The van der Waals surface area contributed by atoms with E-state index in [0.717, 1.165) is 5.57 Å². The van der Waals surface area contributed by atoms with Gasteiger partial charge in [0.2, 0.25) is 0 Å². The fourth-order valence-corrected chi connectivity index (χ4v) is 3.38. The van der Waals surface area contributed by atoms with E-state index < -0.39 is 24.0 Å². The minimum atomic E-state index is -1.06. The summed E-state index contributed by atoms with van der Waals surface area (Å²) in [6, 6.07) is 0. The van der Waals surface area contributed by atoms with Gasteiger partial charge in [0.25, 0.3) is 0 Å². The molecule has 4 atom stereocenters. The van der Waals surface area contributed by atoms with E-state index in [1.165, 1.54) is 0 Å². The van der Waals surface area contributed by atoms with Gasteiger partial charge in [-0.25, -0.2) is 9.59 Å². The molecule has 1 saturated carbocycles. The molecule has 0 aliphatic heterocycles.